The Hall–Kier alpha value is -0.610. The van der Waals surface area contributed by atoms with Crippen LogP contribution in [0.1, 0.15) is 32.1 Å². The maximum absolute atomic E-state index is 11.1. The monoisotopic (exact) mass is 200 g/mol. The predicted octanol–water partition coefficient (Wildman–Crippen LogP) is 0.0987. The standard InChI is InChI=1S/C10H20N2O2/c11-10(14)9-5-1-2-6-12(9)7-3-4-8-13/h9,13H,1-8H2,(H2,11,14). The molecule has 0 radical (unpaired) electrons. The summed E-state index contributed by atoms with van der Waals surface area (Å²) in [6.07, 6.45) is 4.91. The van der Waals surface area contributed by atoms with E-state index >= 15 is 0 Å². The molecule has 0 aromatic carbocycles. The van der Waals surface area contributed by atoms with E-state index in [1.54, 1.807) is 0 Å². The van der Waals surface area contributed by atoms with Gasteiger partial charge in [0.2, 0.25) is 5.91 Å². The fourth-order valence-electron chi connectivity index (χ4n) is 2.01. The normalized spacial score (nSPS) is 23.6. The largest absolute Gasteiger partial charge is 0.396 e. The van der Waals surface area contributed by atoms with E-state index in [9.17, 15) is 4.79 Å². The van der Waals surface area contributed by atoms with E-state index in [0.717, 1.165) is 45.2 Å². The van der Waals surface area contributed by atoms with Crippen LogP contribution in [0.5, 0.6) is 0 Å². The summed E-state index contributed by atoms with van der Waals surface area (Å²) in [7, 11) is 0. The number of carbonyl (C=O) groups is 1. The highest BCUT2D eigenvalue weighted by atomic mass is 16.2. The molecule has 14 heavy (non-hydrogen) atoms. The van der Waals surface area contributed by atoms with Crippen LogP contribution in [0.25, 0.3) is 0 Å². The third-order valence-corrected chi connectivity index (χ3v) is 2.80. The summed E-state index contributed by atoms with van der Waals surface area (Å²) >= 11 is 0. The first-order valence-electron chi connectivity index (χ1n) is 5.40. The molecule has 4 heteroatoms. The molecule has 1 saturated heterocycles. The first kappa shape index (κ1) is 11.5. The summed E-state index contributed by atoms with van der Waals surface area (Å²) < 4.78 is 0. The molecule has 1 aliphatic heterocycles. The summed E-state index contributed by atoms with van der Waals surface area (Å²) in [5, 5.41) is 8.66. The molecule has 1 fully saturated rings. The van der Waals surface area contributed by atoms with Gasteiger partial charge in [0.25, 0.3) is 0 Å². The molecule has 0 aliphatic carbocycles. The minimum absolute atomic E-state index is 0.0672. The average Bonchev–Trinajstić information content (AvgIpc) is 2.19. The van der Waals surface area contributed by atoms with Crippen molar-refractivity contribution < 1.29 is 9.90 Å². The van der Waals surface area contributed by atoms with E-state index in [1.165, 1.54) is 0 Å². The number of likely N-dealkylation sites (tertiary alicyclic amines) is 1. The number of piperidine rings is 1. The van der Waals surface area contributed by atoms with Gasteiger partial charge in [-0.25, -0.2) is 0 Å². The van der Waals surface area contributed by atoms with Crippen LogP contribution in [-0.4, -0.2) is 41.7 Å². The lowest BCUT2D eigenvalue weighted by molar-refractivity contribution is -0.124. The van der Waals surface area contributed by atoms with E-state index in [4.69, 9.17) is 10.8 Å². The first-order valence-corrected chi connectivity index (χ1v) is 5.40. The van der Waals surface area contributed by atoms with Crippen LogP contribution in [0.15, 0.2) is 0 Å². The van der Waals surface area contributed by atoms with E-state index in [-0.39, 0.29) is 18.6 Å². The Balaban J connectivity index is 2.34. The Morgan fingerprint density at radius 2 is 2.21 bits per heavy atom. The molecule has 1 amide bonds. The van der Waals surface area contributed by atoms with Crippen LogP contribution < -0.4 is 5.73 Å². The summed E-state index contributed by atoms with van der Waals surface area (Å²) in [4.78, 5) is 13.3. The summed E-state index contributed by atoms with van der Waals surface area (Å²) in [6, 6.07) is -0.0672. The molecule has 0 spiro atoms. The van der Waals surface area contributed by atoms with Crippen molar-refractivity contribution in [3.63, 3.8) is 0 Å². The Morgan fingerprint density at radius 3 is 2.86 bits per heavy atom. The van der Waals surface area contributed by atoms with Crippen LogP contribution in [-0.2, 0) is 4.79 Å². The van der Waals surface area contributed by atoms with Gasteiger partial charge in [-0.3, -0.25) is 9.69 Å². The van der Waals surface area contributed by atoms with Crippen LogP contribution in [0, 0.1) is 0 Å². The fraction of sp³-hybridized carbons (Fsp3) is 0.900. The molecule has 1 rings (SSSR count). The molecule has 1 aliphatic rings. The number of nitrogens with two attached hydrogens (primary N) is 1. The van der Waals surface area contributed by atoms with Gasteiger partial charge in [-0.05, 0) is 38.8 Å². The van der Waals surface area contributed by atoms with Gasteiger partial charge in [0.15, 0.2) is 0 Å². The van der Waals surface area contributed by atoms with Crippen molar-refractivity contribution in [2.24, 2.45) is 5.73 Å². The Bertz CT molecular complexity index is 185. The number of rotatable bonds is 5. The number of aliphatic hydroxyl groups excluding tert-OH is 1. The van der Waals surface area contributed by atoms with Crippen LogP contribution in [0.3, 0.4) is 0 Å². The van der Waals surface area contributed by atoms with Crippen molar-refractivity contribution in [2.75, 3.05) is 19.7 Å². The second-order valence-electron chi connectivity index (χ2n) is 3.88. The van der Waals surface area contributed by atoms with Gasteiger partial charge in [-0.1, -0.05) is 6.42 Å². The smallest absolute Gasteiger partial charge is 0.234 e. The number of nitrogens with zero attached hydrogens (tertiary/aromatic N) is 1. The van der Waals surface area contributed by atoms with Crippen LogP contribution in [0.2, 0.25) is 0 Å². The molecule has 1 unspecified atom stereocenters. The molecular weight excluding hydrogens is 180 g/mol. The molecule has 0 aromatic rings. The minimum Gasteiger partial charge on any atom is -0.396 e. The lowest BCUT2D eigenvalue weighted by Crippen LogP contribution is -2.47. The third kappa shape index (κ3) is 3.27. The summed E-state index contributed by atoms with van der Waals surface area (Å²) in [6.45, 7) is 2.09. The zero-order valence-electron chi connectivity index (χ0n) is 8.61. The number of unbranched alkanes of at least 4 members (excludes halogenated alkanes) is 1. The van der Waals surface area contributed by atoms with Gasteiger partial charge in [-0.2, -0.15) is 0 Å². The topological polar surface area (TPSA) is 66.6 Å². The molecule has 82 valence electrons. The quantitative estimate of drug-likeness (QED) is 0.618. The number of hydrogen-bond acceptors (Lipinski definition) is 3. The highest BCUT2D eigenvalue weighted by molar-refractivity contribution is 5.79. The number of aliphatic hydroxyl groups is 1. The lowest BCUT2D eigenvalue weighted by atomic mass is 10.0. The molecule has 3 N–H and O–H groups in total. The van der Waals surface area contributed by atoms with Gasteiger partial charge in [0, 0.05) is 6.61 Å². The molecular formula is C10H20N2O2. The van der Waals surface area contributed by atoms with Gasteiger partial charge in [-0.15, -0.1) is 0 Å². The first-order chi connectivity index (χ1) is 6.75. The Kier molecular flexibility index (Phi) is 4.90. The maximum atomic E-state index is 11.1. The summed E-state index contributed by atoms with van der Waals surface area (Å²) in [5.41, 5.74) is 5.33. The number of amides is 1. The van der Waals surface area contributed by atoms with Crippen molar-refractivity contribution >= 4 is 5.91 Å². The molecule has 0 aromatic heterocycles. The highest BCUT2D eigenvalue weighted by Gasteiger charge is 2.25. The Morgan fingerprint density at radius 1 is 1.43 bits per heavy atom. The SMILES string of the molecule is NC(=O)C1CCCCN1CCCCO. The van der Waals surface area contributed by atoms with Gasteiger partial charge >= 0.3 is 0 Å². The predicted molar refractivity (Wildman–Crippen MR) is 54.7 cm³/mol. The minimum atomic E-state index is -0.200. The second kappa shape index (κ2) is 5.98. The molecule has 4 nitrogen and oxygen atoms in total. The number of primary amides is 1. The molecule has 1 atom stereocenters. The van der Waals surface area contributed by atoms with Gasteiger partial charge < -0.3 is 10.8 Å². The lowest BCUT2D eigenvalue weighted by Gasteiger charge is -2.33. The third-order valence-electron chi connectivity index (χ3n) is 2.80. The van der Waals surface area contributed by atoms with Gasteiger partial charge in [0.05, 0.1) is 6.04 Å². The number of carbonyl (C=O) groups excluding carboxylic acids is 1. The van der Waals surface area contributed by atoms with E-state index in [0.29, 0.717) is 0 Å². The van der Waals surface area contributed by atoms with Gasteiger partial charge in [0.1, 0.15) is 0 Å². The average molecular weight is 200 g/mol. The second-order valence-corrected chi connectivity index (χ2v) is 3.88. The van der Waals surface area contributed by atoms with Crippen molar-refractivity contribution in [3.8, 4) is 0 Å². The zero-order valence-corrected chi connectivity index (χ0v) is 8.61. The fourth-order valence-corrected chi connectivity index (χ4v) is 2.01. The Labute approximate surface area is 85.1 Å². The van der Waals surface area contributed by atoms with E-state index in [1.807, 2.05) is 0 Å². The zero-order chi connectivity index (χ0) is 10.4. The molecule has 0 bridgehead atoms. The van der Waals surface area contributed by atoms with Crippen LogP contribution in [0.4, 0.5) is 0 Å². The van der Waals surface area contributed by atoms with Crippen molar-refractivity contribution in [1.82, 2.24) is 4.90 Å². The molecule has 0 saturated carbocycles. The van der Waals surface area contributed by atoms with Crippen LogP contribution >= 0.6 is 0 Å². The number of hydrogen-bond donors (Lipinski definition) is 2. The van der Waals surface area contributed by atoms with Crippen molar-refractivity contribution in [1.29, 1.82) is 0 Å². The van der Waals surface area contributed by atoms with Crippen molar-refractivity contribution in [2.45, 2.75) is 38.1 Å². The van der Waals surface area contributed by atoms with E-state index < -0.39 is 0 Å². The van der Waals surface area contributed by atoms with E-state index in [2.05, 4.69) is 4.90 Å². The maximum Gasteiger partial charge on any atom is 0.234 e. The van der Waals surface area contributed by atoms with Crippen molar-refractivity contribution in [3.05, 3.63) is 0 Å². The highest BCUT2D eigenvalue weighted by Crippen LogP contribution is 2.16. The summed E-state index contributed by atoms with van der Waals surface area (Å²) in [5.74, 6) is -0.200. The molecule has 1 heterocycles.